The lowest BCUT2D eigenvalue weighted by Crippen LogP contribution is -2.10. The Morgan fingerprint density at radius 2 is 2.06 bits per heavy atom. The van der Waals surface area contributed by atoms with Gasteiger partial charge in [-0.15, -0.1) is 0 Å². The van der Waals surface area contributed by atoms with E-state index < -0.39 is 0 Å². The maximum atomic E-state index is 11.1. The molecule has 0 saturated heterocycles. The molecule has 0 fully saturated rings. The van der Waals surface area contributed by atoms with Crippen LogP contribution in [0, 0.1) is 0 Å². The molecule has 1 aromatic carbocycles. The van der Waals surface area contributed by atoms with Gasteiger partial charge >= 0.3 is 0 Å². The van der Waals surface area contributed by atoms with Crippen LogP contribution in [-0.4, -0.2) is 10.9 Å². The van der Waals surface area contributed by atoms with Crippen molar-refractivity contribution in [3.8, 4) is 0 Å². The van der Waals surface area contributed by atoms with Gasteiger partial charge in [-0.1, -0.05) is 18.2 Å². The molecule has 92 valence electrons. The van der Waals surface area contributed by atoms with Gasteiger partial charge in [0.25, 0.3) is 0 Å². The molecule has 2 rings (SSSR count). The molecule has 0 saturated carbocycles. The van der Waals surface area contributed by atoms with Gasteiger partial charge in [0.2, 0.25) is 5.91 Å². The van der Waals surface area contributed by atoms with Crippen molar-refractivity contribution in [2.24, 2.45) is 0 Å². The molecule has 1 heterocycles. The molecular weight excluding hydrogens is 226 g/mol. The Morgan fingerprint density at radius 3 is 2.78 bits per heavy atom. The molecule has 2 N–H and O–H groups in total. The molecule has 1 amide bonds. The first-order valence-electron chi connectivity index (χ1n) is 5.75. The van der Waals surface area contributed by atoms with Crippen LogP contribution in [0.4, 0.5) is 11.4 Å². The first-order chi connectivity index (χ1) is 8.75. The molecule has 4 heteroatoms. The van der Waals surface area contributed by atoms with Crippen molar-refractivity contribution in [3.05, 3.63) is 54.4 Å². The second kappa shape index (κ2) is 5.82. The van der Waals surface area contributed by atoms with Gasteiger partial charge in [0.15, 0.2) is 0 Å². The minimum Gasteiger partial charge on any atom is -0.380 e. The molecule has 4 nitrogen and oxygen atoms in total. The number of pyridine rings is 1. The summed E-state index contributed by atoms with van der Waals surface area (Å²) >= 11 is 0. The van der Waals surface area contributed by atoms with E-state index in [1.165, 1.54) is 6.92 Å². The van der Waals surface area contributed by atoms with Gasteiger partial charge in [-0.25, -0.2) is 0 Å². The van der Waals surface area contributed by atoms with Crippen LogP contribution in [0.25, 0.3) is 0 Å². The van der Waals surface area contributed by atoms with E-state index in [1.807, 2.05) is 36.4 Å². The number of hydrogen-bond acceptors (Lipinski definition) is 3. The highest BCUT2D eigenvalue weighted by Gasteiger charge is 2.02. The summed E-state index contributed by atoms with van der Waals surface area (Å²) in [5, 5.41) is 6.08. The monoisotopic (exact) mass is 241 g/mol. The Labute approximate surface area is 106 Å². The first kappa shape index (κ1) is 12.1. The maximum Gasteiger partial charge on any atom is 0.221 e. The Hall–Kier alpha value is -2.36. The van der Waals surface area contributed by atoms with E-state index in [4.69, 9.17) is 0 Å². The molecule has 0 bridgehead atoms. The van der Waals surface area contributed by atoms with Crippen molar-refractivity contribution in [3.63, 3.8) is 0 Å². The average Bonchev–Trinajstić information content (AvgIpc) is 2.38. The van der Waals surface area contributed by atoms with Crippen molar-refractivity contribution in [2.45, 2.75) is 13.5 Å². The number of para-hydroxylation sites is 1. The number of hydrogen-bond donors (Lipinski definition) is 2. The van der Waals surface area contributed by atoms with E-state index in [2.05, 4.69) is 15.6 Å². The summed E-state index contributed by atoms with van der Waals surface area (Å²) in [5.74, 6) is -0.0659. The van der Waals surface area contributed by atoms with Gasteiger partial charge in [0.05, 0.1) is 5.69 Å². The van der Waals surface area contributed by atoms with E-state index in [9.17, 15) is 4.79 Å². The quantitative estimate of drug-likeness (QED) is 0.865. The summed E-state index contributed by atoms with van der Waals surface area (Å²) in [6.45, 7) is 2.15. The van der Waals surface area contributed by atoms with Crippen LogP contribution in [0.1, 0.15) is 12.5 Å². The normalized spacial score (nSPS) is 9.83. The molecule has 0 spiro atoms. The van der Waals surface area contributed by atoms with Gasteiger partial charge in [-0.2, -0.15) is 0 Å². The summed E-state index contributed by atoms with van der Waals surface area (Å²) in [4.78, 5) is 15.1. The van der Waals surface area contributed by atoms with Crippen LogP contribution in [0.15, 0.2) is 48.8 Å². The largest absolute Gasteiger partial charge is 0.380 e. The number of amides is 1. The number of carbonyl (C=O) groups excluding carboxylic acids is 1. The number of anilines is 2. The second-order valence-corrected chi connectivity index (χ2v) is 3.93. The maximum absolute atomic E-state index is 11.1. The molecule has 0 aliphatic heterocycles. The molecule has 18 heavy (non-hydrogen) atoms. The Kier molecular flexibility index (Phi) is 3.91. The van der Waals surface area contributed by atoms with Crippen LogP contribution in [0.3, 0.4) is 0 Å². The highest BCUT2D eigenvalue weighted by atomic mass is 16.1. The molecule has 0 aliphatic carbocycles. The Morgan fingerprint density at radius 1 is 1.22 bits per heavy atom. The molecule has 0 atom stereocenters. The van der Waals surface area contributed by atoms with Crippen molar-refractivity contribution in [2.75, 3.05) is 10.6 Å². The van der Waals surface area contributed by atoms with Gasteiger partial charge in [0, 0.05) is 31.5 Å². The van der Waals surface area contributed by atoms with Crippen LogP contribution in [-0.2, 0) is 11.3 Å². The third-order valence-corrected chi connectivity index (χ3v) is 2.47. The summed E-state index contributed by atoms with van der Waals surface area (Å²) in [5.41, 5.74) is 2.83. The van der Waals surface area contributed by atoms with Crippen molar-refractivity contribution >= 4 is 17.3 Å². The second-order valence-electron chi connectivity index (χ2n) is 3.93. The molecule has 0 aliphatic rings. The Bertz CT molecular complexity index is 526. The predicted molar refractivity (Wildman–Crippen MR) is 72.3 cm³/mol. The summed E-state index contributed by atoms with van der Waals surface area (Å²) in [6.07, 6.45) is 3.50. The lowest BCUT2D eigenvalue weighted by molar-refractivity contribution is -0.114. The number of nitrogens with zero attached hydrogens (tertiary/aromatic N) is 1. The number of rotatable bonds is 4. The number of nitrogens with one attached hydrogen (secondary N) is 2. The van der Waals surface area contributed by atoms with E-state index in [0.29, 0.717) is 6.54 Å². The fourth-order valence-corrected chi connectivity index (χ4v) is 1.65. The zero-order chi connectivity index (χ0) is 12.8. The SMILES string of the molecule is CC(=O)Nc1ccccc1CNc1cccnc1. The topological polar surface area (TPSA) is 54.0 Å². The van der Waals surface area contributed by atoms with Gasteiger partial charge in [0.1, 0.15) is 0 Å². The molecule has 2 aromatic rings. The van der Waals surface area contributed by atoms with Crippen molar-refractivity contribution in [1.82, 2.24) is 4.98 Å². The number of benzene rings is 1. The molecule has 0 radical (unpaired) electrons. The van der Waals surface area contributed by atoms with E-state index in [0.717, 1.165) is 16.9 Å². The molecule has 0 unspecified atom stereocenters. The van der Waals surface area contributed by atoms with Crippen molar-refractivity contribution in [1.29, 1.82) is 0 Å². The Balaban J connectivity index is 2.07. The first-order valence-corrected chi connectivity index (χ1v) is 5.75. The fourth-order valence-electron chi connectivity index (χ4n) is 1.65. The zero-order valence-electron chi connectivity index (χ0n) is 10.2. The highest BCUT2D eigenvalue weighted by molar-refractivity contribution is 5.89. The number of aromatic nitrogens is 1. The highest BCUT2D eigenvalue weighted by Crippen LogP contribution is 2.16. The van der Waals surface area contributed by atoms with Crippen molar-refractivity contribution < 1.29 is 4.79 Å². The van der Waals surface area contributed by atoms with E-state index in [1.54, 1.807) is 12.4 Å². The zero-order valence-corrected chi connectivity index (χ0v) is 10.2. The van der Waals surface area contributed by atoms with Crippen LogP contribution in [0.2, 0.25) is 0 Å². The van der Waals surface area contributed by atoms with Gasteiger partial charge < -0.3 is 10.6 Å². The van der Waals surface area contributed by atoms with E-state index >= 15 is 0 Å². The van der Waals surface area contributed by atoms with Crippen LogP contribution in [0.5, 0.6) is 0 Å². The predicted octanol–water partition coefficient (Wildman–Crippen LogP) is 2.65. The van der Waals surface area contributed by atoms with Crippen LogP contribution >= 0.6 is 0 Å². The summed E-state index contributed by atoms with van der Waals surface area (Å²) in [6, 6.07) is 11.6. The fraction of sp³-hybridized carbons (Fsp3) is 0.143. The lowest BCUT2D eigenvalue weighted by atomic mass is 10.1. The molecular formula is C14H15N3O. The third-order valence-electron chi connectivity index (χ3n) is 2.47. The summed E-state index contributed by atoms with van der Waals surface area (Å²) < 4.78 is 0. The standard InChI is InChI=1S/C14H15N3O/c1-11(18)17-14-7-3-2-5-12(14)9-16-13-6-4-8-15-10-13/h2-8,10,16H,9H2,1H3,(H,17,18). The van der Waals surface area contributed by atoms with Gasteiger partial charge in [-0.3, -0.25) is 9.78 Å². The average molecular weight is 241 g/mol. The lowest BCUT2D eigenvalue weighted by Gasteiger charge is -2.11. The number of carbonyl (C=O) groups is 1. The third kappa shape index (κ3) is 3.31. The minimum absolute atomic E-state index is 0.0659. The van der Waals surface area contributed by atoms with Crippen LogP contribution < -0.4 is 10.6 Å². The smallest absolute Gasteiger partial charge is 0.221 e. The molecule has 1 aromatic heterocycles. The van der Waals surface area contributed by atoms with Gasteiger partial charge in [-0.05, 0) is 23.8 Å². The minimum atomic E-state index is -0.0659. The van der Waals surface area contributed by atoms with E-state index in [-0.39, 0.29) is 5.91 Å². The summed E-state index contributed by atoms with van der Waals surface area (Å²) in [7, 11) is 0.